The van der Waals surface area contributed by atoms with Crippen LogP contribution in [-0.4, -0.2) is 20.0 Å². The second-order valence-electron chi connectivity index (χ2n) is 5.37. The zero-order valence-corrected chi connectivity index (χ0v) is 15.0. The van der Waals surface area contributed by atoms with E-state index in [1.54, 1.807) is 37.4 Å². The number of halogens is 2. The van der Waals surface area contributed by atoms with Crippen LogP contribution in [0.1, 0.15) is 41.3 Å². The first-order chi connectivity index (χ1) is 10.9. The number of hydrogen-bond donors (Lipinski definition) is 0. The van der Waals surface area contributed by atoms with E-state index < -0.39 is 0 Å². The number of carbonyl (C=O) groups is 1. The summed E-state index contributed by atoms with van der Waals surface area (Å²) < 4.78 is 10.8. The summed E-state index contributed by atoms with van der Waals surface area (Å²) in [7, 11) is 3.10. The molecule has 0 atom stereocenters. The molecule has 122 valence electrons. The van der Waals surface area contributed by atoms with Gasteiger partial charge < -0.3 is 9.47 Å². The van der Waals surface area contributed by atoms with Crippen molar-refractivity contribution in [3.8, 4) is 11.5 Å². The number of rotatable bonds is 5. The summed E-state index contributed by atoms with van der Waals surface area (Å²) in [5.74, 6) is 1.01. The van der Waals surface area contributed by atoms with Crippen LogP contribution >= 0.6 is 23.2 Å². The van der Waals surface area contributed by atoms with Gasteiger partial charge in [0.15, 0.2) is 5.78 Å². The average Bonchev–Trinajstić information content (AvgIpc) is 2.52. The summed E-state index contributed by atoms with van der Waals surface area (Å²) in [5, 5.41) is 0.623. The zero-order valence-electron chi connectivity index (χ0n) is 13.4. The molecule has 3 nitrogen and oxygen atoms in total. The molecule has 0 unspecified atom stereocenters. The second kappa shape index (κ2) is 7.24. The Morgan fingerprint density at radius 2 is 1.57 bits per heavy atom. The highest BCUT2D eigenvalue weighted by Crippen LogP contribution is 2.36. The van der Waals surface area contributed by atoms with Gasteiger partial charge in [-0.3, -0.25) is 4.79 Å². The van der Waals surface area contributed by atoms with Crippen LogP contribution in [-0.2, 0) is 0 Å². The van der Waals surface area contributed by atoms with Gasteiger partial charge in [0.05, 0.1) is 35.4 Å². The van der Waals surface area contributed by atoms with Gasteiger partial charge >= 0.3 is 0 Å². The number of ketones is 1. The minimum Gasteiger partial charge on any atom is -0.496 e. The molecule has 0 fully saturated rings. The molecule has 0 aliphatic carbocycles. The fraction of sp³-hybridized carbons (Fsp3) is 0.278. The summed E-state index contributed by atoms with van der Waals surface area (Å²) >= 11 is 12.3. The average molecular weight is 353 g/mol. The van der Waals surface area contributed by atoms with Crippen molar-refractivity contribution in [1.82, 2.24) is 0 Å². The lowest BCUT2D eigenvalue weighted by atomic mass is 9.94. The summed E-state index contributed by atoms with van der Waals surface area (Å²) in [4.78, 5) is 13.0. The van der Waals surface area contributed by atoms with E-state index >= 15 is 0 Å². The number of benzene rings is 2. The number of ether oxygens (including phenoxy) is 2. The van der Waals surface area contributed by atoms with E-state index in [1.807, 2.05) is 13.8 Å². The summed E-state index contributed by atoms with van der Waals surface area (Å²) in [6.07, 6.45) is 0. The van der Waals surface area contributed by atoms with Crippen molar-refractivity contribution in [2.24, 2.45) is 0 Å². The van der Waals surface area contributed by atoms with E-state index in [9.17, 15) is 4.79 Å². The minimum absolute atomic E-state index is 0.184. The Balaban J connectivity index is 2.66. The molecule has 0 aliphatic heterocycles. The van der Waals surface area contributed by atoms with Crippen molar-refractivity contribution >= 4 is 29.0 Å². The highest BCUT2D eigenvalue weighted by atomic mass is 35.5. The van der Waals surface area contributed by atoms with Crippen molar-refractivity contribution < 1.29 is 14.3 Å². The maximum atomic E-state index is 13.0. The molecule has 0 N–H and O–H groups in total. The Labute approximate surface area is 146 Å². The smallest absolute Gasteiger partial charge is 0.199 e. The van der Waals surface area contributed by atoms with E-state index in [0.29, 0.717) is 27.1 Å². The highest BCUT2D eigenvalue weighted by molar-refractivity contribution is 6.41. The molecule has 2 aromatic rings. The Bertz CT molecular complexity index is 719. The van der Waals surface area contributed by atoms with Gasteiger partial charge in [-0.05, 0) is 29.7 Å². The van der Waals surface area contributed by atoms with Gasteiger partial charge in [-0.2, -0.15) is 0 Å². The van der Waals surface area contributed by atoms with Gasteiger partial charge in [-0.15, -0.1) is 0 Å². The molecule has 0 bridgehead atoms. The third kappa shape index (κ3) is 3.46. The van der Waals surface area contributed by atoms with Crippen LogP contribution in [0, 0.1) is 0 Å². The molecule has 0 aromatic heterocycles. The Kier molecular flexibility index (Phi) is 5.55. The van der Waals surface area contributed by atoms with Crippen LogP contribution in [0.25, 0.3) is 0 Å². The van der Waals surface area contributed by atoms with Crippen molar-refractivity contribution in [1.29, 1.82) is 0 Å². The van der Waals surface area contributed by atoms with Gasteiger partial charge in [0.25, 0.3) is 0 Å². The molecule has 0 heterocycles. The number of methoxy groups -OCH3 is 2. The predicted molar refractivity (Wildman–Crippen MR) is 93.5 cm³/mol. The monoisotopic (exact) mass is 352 g/mol. The maximum Gasteiger partial charge on any atom is 0.199 e. The lowest BCUT2D eigenvalue weighted by Crippen LogP contribution is -2.08. The highest BCUT2D eigenvalue weighted by Gasteiger charge is 2.23. The molecule has 5 heteroatoms. The number of hydrogen-bond acceptors (Lipinski definition) is 3. The van der Waals surface area contributed by atoms with Crippen LogP contribution in [0.2, 0.25) is 10.0 Å². The first kappa shape index (κ1) is 17.6. The lowest BCUT2D eigenvalue weighted by molar-refractivity contribution is 0.103. The van der Waals surface area contributed by atoms with Crippen molar-refractivity contribution in [2.45, 2.75) is 19.8 Å². The molecular formula is C18H18Cl2O3. The molecule has 0 amide bonds. The molecular weight excluding hydrogens is 335 g/mol. The molecule has 2 rings (SSSR count). The van der Waals surface area contributed by atoms with Crippen molar-refractivity contribution in [3.63, 3.8) is 0 Å². The summed E-state index contributed by atoms with van der Waals surface area (Å²) in [6.45, 7) is 4.06. The minimum atomic E-state index is -0.276. The van der Waals surface area contributed by atoms with E-state index in [4.69, 9.17) is 32.7 Å². The van der Waals surface area contributed by atoms with Gasteiger partial charge in [0.1, 0.15) is 11.5 Å². The van der Waals surface area contributed by atoms with Crippen molar-refractivity contribution in [3.05, 3.63) is 57.1 Å². The molecule has 0 aliphatic rings. The van der Waals surface area contributed by atoms with Gasteiger partial charge in [-0.1, -0.05) is 43.1 Å². The molecule has 0 saturated heterocycles. The van der Waals surface area contributed by atoms with Gasteiger partial charge in [0.2, 0.25) is 0 Å². The standard InChI is InChI=1S/C18H18Cl2O3/c1-10(2)11-8-12(16(23-4)9-15(11)22-3)18(21)17-13(19)6-5-7-14(17)20/h5-10H,1-4H3. The Morgan fingerprint density at radius 1 is 1.00 bits per heavy atom. The Hall–Kier alpha value is -1.71. The fourth-order valence-corrected chi connectivity index (χ4v) is 2.97. The molecule has 23 heavy (non-hydrogen) atoms. The van der Waals surface area contributed by atoms with Crippen LogP contribution in [0.15, 0.2) is 30.3 Å². The van der Waals surface area contributed by atoms with Crippen LogP contribution in [0.5, 0.6) is 11.5 Å². The summed E-state index contributed by atoms with van der Waals surface area (Å²) in [5.41, 5.74) is 1.60. The molecule has 0 spiro atoms. The van der Waals surface area contributed by atoms with Crippen LogP contribution < -0.4 is 9.47 Å². The lowest BCUT2D eigenvalue weighted by Gasteiger charge is -2.17. The van der Waals surface area contributed by atoms with Gasteiger partial charge in [0, 0.05) is 6.07 Å². The predicted octanol–water partition coefficient (Wildman–Crippen LogP) is 5.37. The van der Waals surface area contributed by atoms with Crippen LogP contribution in [0.4, 0.5) is 0 Å². The van der Waals surface area contributed by atoms with Crippen molar-refractivity contribution in [2.75, 3.05) is 14.2 Å². The maximum absolute atomic E-state index is 13.0. The summed E-state index contributed by atoms with van der Waals surface area (Å²) in [6, 6.07) is 8.48. The second-order valence-corrected chi connectivity index (χ2v) is 6.19. The molecule has 0 saturated carbocycles. The van der Waals surface area contributed by atoms with E-state index in [0.717, 1.165) is 5.56 Å². The zero-order chi connectivity index (χ0) is 17.1. The Morgan fingerprint density at radius 3 is 2.04 bits per heavy atom. The molecule has 2 aromatic carbocycles. The van der Waals surface area contributed by atoms with E-state index in [-0.39, 0.29) is 17.3 Å². The quantitative estimate of drug-likeness (QED) is 0.679. The first-order valence-electron chi connectivity index (χ1n) is 7.15. The third-order valence-corrected chi connectivity index (χ3v) is 4.24. The third-order valence-electron chi connectivity index (χ3n) is 3.61. The van der Waals surface area contributed by atoms with E-state index in [1.165, 1.54) is 7.11 Å². The largest absolute Gasteiger partial charge is 0.496 e. The van der Waals surface area contributed by atoms with E-state index in [2.05, 4.69) is 0 Å². The fourth-order valence-electron chi connectivity index (χ4n) is 2.40. The molecule has 0 radical (unpaired) electrons. The van der Waals surface area contributed by atoms with Crippen LogP contribution in [0.3, 0.4) is 0 Å². The topological polar surface area (TPSA) is 35.5 Å². The number of carbonyl (C=O) groups excluding carboxylic acids is 1. The van der Waals surface area contributed by atoms with Gasteiger partial charge in [-0.25, -0.2) is 0 Å². The SMILES string of the molecule is COc1cc(OC)c(C(C)C)cc1C(=O)c1c(Cl)cccc1Cl. The first-order valence-corrected chi connectivity index (χ1v) is 7.90. The normalized spacial score (nSPS) is 10.7.